The van der Waals surface area contributed by atoms with Gasteiger partial charge in [-0.2, -0.15) is 0 Å². The van der Waals surface area contributed by atoms with Gasteiger partial charge in [-0.25, -0.2) is 0 Å². The highest BCUT2D eigenvalue weighted by molar-refractivity contribution is 5.78. The molecule has 1 fully saturated rings. The number of carbonyl (C=O) groups is 2. The fraction of sp³-hybridized carbons (Fsp3) is 0.846. The Hall–Kier alpha value is -1.14. The Morgan fingerprint density at radius 2 is 1.79 bits per heavy atom. The predicted octanol–water partition coefficient (Wildman–Crippen LogP) is -0.782. The van der Waals surface area contributed by atoms with Crippen LogP contribution in [0.3, 0.4) is 0 Å². The smallest absolute Gasteiger partial charge is 0.236 e. The zero-order valence-corrected chi connectivity index (χ0v) is 12.3. The summed E-state index contributed by atoms with van der Waals surface area (Å²) in [5.74, 6) is 0.324. The fourth-order valence-corrected chi connectivity index (χ4v) is 2.05. The number of piperazine rings is 1. The number of carbonyl (C=O) groups excluding carboxylic acids is 2. The minimum Gasteiger partial charge on any atom is -0.349 e. The van der Waals surface area contributed by atoms with Gasteiger partial charge in [0, 0.05) is 46.7 Å². The summed E-state index contributed by atoms with van der Waals surface area (Å²) in [6.45, 7) is 4.57. The van der Waals surface area contributed by atoms with Gasteiger partial charge in [0.15, 0.2) is 0 Å². The number of rotatable bonds is 6. The number of hydrogen-bond acceptors (Lipinski definition) is 4. The lowest BCUT2D eigenvalue weighted by molar-refractivity contribution is -0.132. The Bertz CT molecular complexity index is 301. The van der Waals surface area contributed by atoms with Crippen LogP contribution in [-0.4, -0.2) is 86.9 Å². The number of hydrogen-bond donors (Lipinski definition) is 1. The molecule has 0 bridgehead atoms. The lowest BCUT2D eigenvalue weighted by Gasteiger charge is -2.29. The van der Waals surface area contributed by atoms with Gasteiger partial charge in [-0.3, -0.25) is 14.5 Å². The van der Waals surface area contributed by atoms with Gasteiger partial charge >= 0.3 is 0 Å². The van der Waals surface area contributed by atoms with Crippen molar-refractivity contribution in [2.75, 3.05) is 60.4 Å². The third-order valence-electron chi connectivity index (χ3n) is 3.30. The SMILES string of the molecule is CN(CCCC(=O)N(C)C)CC(=O)N1CCNCC1. The van der Waals surface area contributed by atoms with Crippen molar-refractivity contribution >= 4 is 11.8 Å². The highest BCUT2D eigenvalue weighted by Crippen LogP contribution is 1.99. The number of nitrogens with one attached hydrogen (secondary N) is 1. The van der Waals surface area contributed by atoms with Gasteiger partial charge in [0.05, 0.1) is 6.54 Å². The summed E-state index contributed by atoms with van der Waals surface area (Å²) < 4.78 is 0. The van der Waals surface area contributed by atoms with Crippen molar-refractivity contribution < 1.29 is 9.59 Å². The molecule has 1 heterocycles. The van der Waals surface area contributed by atoms with Crippen LogP contribution in [0.4, 0.5) is 0 Å². The maximum absolute atomic E-state index is 12.0. The highest BCUT2D eigenvalue weighted by Gasteiger charge is 2.17. The molecule has 1 rings (SSSR count). The van der Waals surface area contributed by atoms with Gasteiger partial charge in [-0.05, 0) is 20.0 Å². The second-order valence-electron chi connectivity index (χ2n) is 5.26. The van der Waals surface area contributed by atoms with Gasteiger partial charge < -0.3 is 15.1 Å². The number of amides is 2. The van der Waals surface area contributed by atoms with E-state index in [0.29, 0.717) is 13.0 Å². The highest BCUT2D eigenvalue weighted by atomic mass is 16.2. The lowest BCUT2D eigenvalue weighted by atomic mass is 10.2. The molecule has 0 aromatic carbocycles. The molecule has 2 amide bonds. The van der Waals surface area contributed by atoms with Crippen LogP contribution in [0.15, 0.2) is 0 Å². The van der Waals surface area contributed by atoms with E-state index in [1.165, 1.54) is 0 Å². The van der Waals surface area contributed by atoms with E-state index in [-0.39, 0.29) is 11.8 Å². The first kappa shape index (κ1) is 15.9. The molecule has 6 nitrogen and oxygen atoms in total. The minimum absolute atomic E-state index is 0.141. The van der Waals surface area contributed by atoms with E-state index in [9.17, 15) is 9.59 Å². The van der Waals surface area contributed by atoms with Crippen LogP contribution in [0.2, 0.25) is 0 Å². The second kappa shape index (κ2) is 8.12. The third kappa shape index (κ3) is 6.02. The Morgan fingerprint density at radius 3 is 2.37 bits per heavy atom. The van der Waals surface area contributed by atoms with Crippen LogP contribution < -0.4 is 5.32 Å². The summed E-state index contributed by atoms with van der Waals surface area (Å²) in [6.07, 6.45) is 1.33. The fourth-order valence-electron chi connectivity index (χ4n) is 2.05. The molecule has 1 aliphatic rings. The molecule has 110 valence electrons. The van der Waals surface area contributed by atoms with Gasteiger partial charge in [0.25, 0.3) is 0 Å². The first-order valence-corrected chi connectivity index (χ1v) is 6.88. The number of nitrogens with zero attached hydrogens (tertiary/aromatic N) is 3. The summed E-state index contributed by atoms with van der Waals surface area (Å²) in [5, 5.41) is 3.23. The van der Waals surface area contributed by atoms with E-state index in [1.54, 1.807) is 19.0 Å². The Labute approximate surface area is 115 Å². The summed E-state index contributed by atoms with van der Waals surface area (Å²) in [6, 6.07) is 0. The Morgan fingerprint density at radius 1 is 1.16 bits per heavy atom. The standard InChI is InChI=1S/C13H26N4O2/c1-15(2)12(18)5-4-8-16(3)11-13(19)17-9-6-14-7-10-17/h14H,4-11H2,1-3H3. The van der Waals surface area contributed by atoms with Crippen molar-refractivity contribution in [2.24, 2.45) is 0 Å². The topological polar surface area (TPSA) is 55.9 Å². The van der Waals surface area contributed by atoms with Crippen molar-refractivity contribution in [1.29, 1.82) is 0 Å². The van der Waals surface area contributed by atoms with Crippen LogP contribution in [0, 0.1) is 0 Å². The molecule has 0 atom stereocenters. The van der Waals surface area contributed by atoms with Crippen molar-refractivity contribution in [3.8, 4) is 0 Å². The largest absolute Gasteiger partial charge is 0.349 e. The second-order valence-corrected chi connectivity index (χ2v) is 5.26. The Balaban J connectivity index is 2.17. The van der Waals surface area contributed by atoms with Crippen molar-refractivity contribution in [1.82, 2.24) is 20.0 Å². The Kier molecular flexibility index (Phi) is 6.80. The minimum atomic E-state index is 0.141. The van der Waals surface area contributed by atoms with E-state index in [1.807, 2.05) is 16.8 Å². The quantitative estimate of drug-likeness (QED) is 0.688. The van der Waals surface area contributed by atoms with Crippen molar-refractivity contribution in [3.05, 3.63) is 0 Å². The summed E-state index contributed by atoms with van der Waals surface area (Å²) >= 11 is 0. The summed E-state index contributed by atoms with van der Waals surface area (Å²) in [7, 11) is 5.46. The van der Waals surface area contributed by atoms with Gasteiger partial charge in [-0.1, -0.05) is 0 Å². The van der Waals surface area contributed by atoms with Gasteiger partial charge in [0.1, 0.15) is 0 Å². The number of likely N-dealkylation sites (N-methyl/N-ethyl adjacent to an activating group) is 1. The van der Waals surface area contributed by atoms with E-state index in [4.69, 9.17) is 0 Å². The molecule has 19 heavy (non-hydrogen) atoms. The van der Waals surface area contributed by atoms with E-state index in [2.05, 4.69) is 5.32 Å². The molecular formula is C13H26N4O2. The molecule has 0 aromatic rings. The maximum Gasteiger partial charge on any atom is 0.236 e. The molecule has 0 aromatic heterocycles. The molecule has 1 aliphatic heterocycles. The lowest BCUT2D eigenvalue weighted by Crippen LogP contribution is -2.49. The molecule has 0 radical (unpaired) electrons. The average Bonchev–Trinajstić information content (AvgIpc) is 2.39. The third-order valence-corrected chi connectivity index (χ3v) is 3.30. The first-order valence-electron chi connectivity index (χ1n) is 6.88. The van der Waals surface area contributed by atoms with Crippen LogP contribution in [-0.2, 0) is 9.59 Å². The van der Waals surface area contributed by atoms with Crippen molar-refractivity contribution in [3.63, 3.8) is 0 Å². The molecule has 1 saturated heterocycles. The molecular weight excluding hydrogens is 244 g/mol. The normalized spacial score (nSPS) is 15.7. The molecule has 6 heteroatoms. The van der Waals surface area contributed by atoms with Crippen LogP contribution in [0.25, 0.3) is 0 Å². The monoisotopic (exact) mass is 270 g/mol. The molecule has 0 saturated carbocycles. The van der Waals surface area contributed by atoms with E-state index in [0.717, 1.165) is 39.1 Å². The van der Waals surface area contributed by atoms with Crippen LogP contribution in [0.1, 0.15) is 12.8 Å². The van der Waals surface area contributed by atoms with Crippen LogP contribution >= 0.6 is 0 Å². The van der Waals surface area contributed by atoms with E-state index >= 15 is 0 Å². The van der Waals surface area contributed by atoms with Gasteiger partial charge in [0.2, 0.25) is 11.8 Å². The molecule has 0 aliphatic carbocycles. The molecule has 0 spiro atoms. The zero-order chi connectivity index (χ0) is 14.3. The summed E-state index contributed by atoms with van der Waals surface area (Å²) in [4.78, 5) is 28.9. The summed E-state index contributed by atoms with van der Waals surface area (Å²) in [5.41, 5.74) is 0. The zero-order valence-electron chi connectivity index (χ0n) is 12.3. The predicted molar refractivity (Wildman–Crippen MR) is 74.9 cm³/mol. The molecule has 0 unspecified atom stereocenters. The maximum atomic E-state index is 12.0. The van der Waals surface area contributed by atoms with Crippen LogP contribution in [0.5, 0.6) is 0 Å². The van der Waals surface area contributed by atoms with Gasteiger partial charge in [-0.15, -0.1) is 0 Å². The van der Waals surface area contributed by atoms with E-state index < -0.39 is 0 Å². The first-order chi connectivity index (χ1) is 9.00. The average molecular weight is 270 g/mol. The molecule has 1 N–H and O–H groups in total. The van der Waals surface area contributed by atoms with Crippen molar-refractivity contribution in [2.45, 2.75) is 12.8 Å².